The predicted molar refractivity (Wildman–Crippen MR) is 221 cm³/mol. The van der Waals surface area contributed by atoms with Crippen LogP contribution in [0.2, 0.25) is 0 Å². The van der Waals surface area contributed by atoms with E-state index in [1.807, 2.05) is 24.3 Å². The van der Waals surface area contributed by atoms with Gasteiger partial charge in [-0.2, -0.15) is 5.10 Å². The van der Waals surface area contributed by atoms with Crippen molar-refractivity contribution in [2.24, 2.45) is 5.92 Å². The SMILES string of the molecule is CC1(Oc2ccc3[nH]nc(-c4cc(N5CCN(CC6(F)CCN(CC7CCN(c8ccc9c(c8F)CN(C8CCC(=O)NC8=O)C9=O)CC7)CC6)CC5)ncn4)c3c2)CC1. The molecular weight excluding hydrogens is 771 g/mol. The normalized spacial score (nSPS) is 23.6. The van der Waals surface area contributed by atoms with Crippen molar-refractivity contribution in [2.45, 2.75) is 82.1 Å². The summed E-state index contributed by atoms with van der Waals surface area (Å²) in [5.74, 6) is 0.482. The van der Waals surface area contributed by atoms with Crippen LogP contribution in [-0.4, -0.2) is 135 Å². The lowest BCUT2D eigenvalue weighted by Gasteiger charge is -2.43. The van der Waals surface area contributed by atoms with Gasteiger partial charge in [0.1, 0.15) is 40.9 Å². The van der Waals surface area contributed by atoms with E-state index in [2.05, 4.69) is 52.0 Å². The van der Waals surface area contributed by atoms with Crippen molar-refractivity contribution in [1.29, 1.82) is 0 Å². The van der Waals surface area contributed by atoms with Gasteiger partial charge in [0, 0.05) is 94.4 Å². The fraction of sp³-hybridized carbons (Fsp3) is 0.545. The van der Waals surface area contributed by atoms with Crippen LogP contribution >= 0.6 is 0 Å². The molecule has 16 heteroatoms. The average Bonchev–Trinajstić information content (AvgIpc) is 3.66. The lowest BCUT2D eigenvalue weighted by molar-refractivity contribution is -0.136. The molecule has 1 saturated carbocycles. The Kier molecular flexibility index (Phi) is 9.97. The molecule has 2 N–H and O–H groups in total. The van der Waals surface area contributed by atoms with E-state index in [1.54, 1.807) is 18.5 Å². The van der Waals surface area contributed by atoms with E-state index in [0.29, 0.717) is 49.6 Å². The number of nitrogens with zero attached hydrogens (tertiary/aromatic N) is 8. The highest BCUT2D eigenvalue weighted by molar-refractivity contribution is 6.05. The summed E-state index contributed by atoms with van der Waals surface area (Å²) in [5.41, 5.74) is 2.24. The van der Waals surface area contributed by atoms with Gasteiger partial charge in [0.2, 0.25) is 11.8 Å². The first-order valence-electron chi connectivity index (χ1n) is 21.6. The van der Waals surface area contributed by atoms with Gasteiger partial charge < -0.3 is 24.3 Å². The van der Waals surface area contributed by atoms with Crippen molar-refractivity contribution in [3.8, 4) is 17.1 Å². The summed E-state index contributed by atoms with van der Waals surface area (Å²) in [6, 6.07) is 10.6. The van der Waals surface area contributed by atoms with E-state index in [1.165, 1.54) is 4.90 Å². The molecule has 5 aliphatic heterocycles. The van der Waals surface area contributed by atoms with Crippen LogP contribution in [0.1, 0.15) is 74.2 Å². The smallest absolute Gasteiger partial charge is 0.255 e. The third-order valence-corrected chi connectivity index (χ3v) is 13.8. The zero-order chi connectivity index (χ0) is 41.2. The molecule has 0 radical (unpaired) electrons. The number of aromatic nitrogens is 4. The summed E-state index contributed by atoms with van der Waals surface area (Å²) in [6.07, 6.45) is 6.95. The minimum Gasteiger partial charge on any atom is -0.488 e. The number of ether oxygens (including phenoxy) is 1. The highest BCUT2D eigenvalue weighted by Gasteiger charge is 2.42. The number of benzene rings is 2. The molecule has 60 heavy (non-hydrogen) atoms. The number of amides is 3. The number of alkyl halides is 1. The summed E-state index contributed by atoms with van der Waals surface area (Å²) in [7, 11) is 0. The van der Waals surface area contributed by atoms with Crippen molar-refractivity contribution < 1.29 is 27.9 Å². The van der Waals surface area contributed by atoms with Crippen LogP contribution in [0.15, 0.2) is 42.7 Å². The van der Waals surface area contributed by atoms with Crippen LogP contribution in [0.3, 0.4) is 0 Å². The second kappa shape index (κ2) is 15.4. The van der Waals surface area contributed by atoms with Crippen molar-refractivity contribution in [1.82, 2.24) is 40.2 Å². The summed E-state index contributed by atoms with van der Waals surface area (Å²) in [4.78, 5) is 56.7. The summed E-state index contributed by atoms with van der Waals surface area (Å²) >= 11 is 0. The molecule has 0 spiro atoms. The Bertz CT molecular complexity index is 2310. The first kappa shape index (κ1) is 38.9. The molecule has 1 atom stereocenters. The van der Waals surface area contributed by atoms with Crippen LogP contribution in [0.5, 0.6) is 5.75 Å². The quantitative estimate of drug-likeness (QED) is 0.215. The lowest BCUT2D eigenvalue weighted by atomic mass is 9.90. The molecule has 0 bridgehead atoms. The number of anilines is 2. The monoisotopic (exact) mass is 822 g/mol. The summed E-state index contributed by atoms with van der Waals surface area (Å²) in [5, 5.41) is 11.0. The Balaban J connectivity index is 0.680. The zero-order valence-corrected chi connectivity index (χ0v) is 34.1. The fourth-order valence-electron chi connectivity index (χ4n) is 9.85. The summed E-state index contributed by atoms with van der Waals surface area (Å²) in [6.45, 7) is 9.38. The number of fused-ring (bicyclic) bond motifs is 2. The maximum Gasteiger partial charge on any atom is 0.255 e. The molecule has 2 aromatic heterocycles. The Morgan fingerprint density at radius 1 is 0.867 bits per heavy atom. The van der Waals surface area contributed by atoms with Gasteiger partial charge in [-0.25, -0.2) is 18.7 Å². The van der Waals surface area contributed by atoms with Gasteiger partial charge in [-0.1, -0.05) is 0 Å². The number of aromatic amines is 1. The molecule has 3 amide bonds. The number of nitrogens with one attached hydrogen (secondary N) is 2. The van der Waals surface area contributed by atoms with Gasteiger partial charge in [0.05, 0.1) is 23.4 Å². The standard InChI is InChI=1S/C44H52F2N10O4/c1-43(10-11-43)60-29-2-4-33-31(22-29)40(51-50-33)34-23-37(48-27-47-34)55-20-18-53(19-21-55)26-44(46)12-16-52(17-13-44)24-28-8-14-54(15-9-28)35-5-3-30-32(39(35)45)25-56(42(30)59)36-6-7-38(57)49-41(36)58/h2-5,22-23,27-28,36H,6-21,24-26H2,1H3,(H,50,51)(H,49,57,58). The minimum absolute atomic E-state index is 0.0180. The van der Waals surface area contributed by atoms with E-state index >= 15 is 8.78 Å². The first-order valence-corrected chi connectivity index (χ1v) is 21.6. The third-order valence-electron chi connectivity index (χ3n) is 13.8. The Hall–Kier alpha value is -5.22. The molecule has 5 fully saturated rings. The molecule has 316 valence electrons. The van der Waals surface area contributed by atoms with Crippen LogP contribution in [-0.2, 0) is 16.1 Å². The van der Waals surface area contributed by atoms with Crippen LogP contribution in [0.4, 0.5) is 20.3 Å². The highest BCUT2D eigenvalue weighted by atomic mass is 19.1. The average molecular weight is 823 g/mol. The third kappa shape index (κ3) is 7.68. The molecular formula is C44H52F2N10O4. The van der Waals surface area contributed by atoms with Crippen LogP contribution < -0.4 is 19.9 Å². The molecule has 7 heterocycles. The molecule has 1 unspecified atom stereocenters. The van der Waals surface area contributed by atoms with Crippen molar-refractivity contribution in [2.75, 3.05) is 75.2 Å². The number of halogens is 2. The number of likely N-dealkylation sites (tertiary alicyclic amines) is 1. The van der Waals surface area contributed by atoms with E-state index in [4.69, 9.17) is 4.74 Å². The van der Waals surface area contributed by atoms with Crippen molar-refractivity contribution >= 4 is 40.1 Å². The predicted octanol–water partition coefficient (Wildman–Crippen LogP) is 4.69. The van der Waals surface area contributed by atoms with Gasteiger partial charge in [0.15, 0.2) is 5.82 Å². The Morgan fingerprint density at radius 3 is 2.40 bits per heavy atom. The largest absolute Gasteiger partial charge is 0.488 e. The molecule has 14 nitrogen and oxygen atoms in total. The number of carbonyl (C=O) groups is 3. The van der Waals surface area contributed by atoms with Crippen LogP contribution in [0, 0.1) is 11.7 Å². The number of piperazine rings is 1. The number of imide groups is 1. The molecule has 4 saturated heterocycles. The number of piperidine rings is 3. The summed E-state index contributed by atoms with van der Waals surface area (Å²) < 4.78 is 38.5. The zero-order valence-electron chi connectivity index (χ0n) is 34.1. The van der Waals surface area contributed by atoms with E-state index in [0.717, 1.165) is 105 Å². The maximum absolute atomic E-state index is 16.3. The van der Waals surface area contributed by atoms with Gasteiger partial charge in [-0.05, 0) is 88.1 Å². The van der Waals surface area contributed by atoms with E-state index in [-0.39, 0.29) is 42.4 Å². The number of rotatable bonds is 10. The second-order valence-electron chi connectivity index (χ2n) is 18.1. The topological polar surface area (TPSA) is 143 Å². The molecule has 4 aromatic rings. The molecule has 6 aliphatic rings. The van der Waals surface area contributed by atoms with Crippen LogP contribution in [0.25, 0.3) is 22.3 Å². The lowest BCUT2D eigenvalue weighted by Crippen LogP contribution is -2.54. The Morgan fingerprint density at radius 2 is 1.65 bits per heavy atom. The number of hydrogen-bond acceptors (Lipinski definition) is 11. The first-order chi connectivity index (χ1) is 29.0. The van der Waals surface area contributed by atoms with E-state index < -0.39 is 23.4 Å². The van der Waals surface area contributed by atoms with Gasteiger partial charge in [0.25, 0.3) is 5.91 Å². The molecule has 2 aromatic carbocycles. The highest BCUT2D eigenvalue weighted by Crippen LogP contribution is 2.41. The van der Waals surface area contributed by atoms with Gasteiger partial charge in [-0.15, -0.1) is 0 Å². The van der Waals surface area contributed by atoms with Gasteiger partial charge in [-0.3, -0.25) is 29.7 Å². The maximum atomic E-state index is 16.3. The Labute approximate surface area is 347 Å². The van der Waals surface area contributed by atoms with Gasteiger partial charge >= 0.3 is 0 Å². The number of hydrogen-bond donors (Lipinski definition) is 2. The minimum atomic E-state index is -1.22. The number of carbonyl (C=O) groups excluding carboxylic acids is 3. The number of H-pyrrole nitrogens is 1. The second-order valence-corrected chi connectivity index (χ2v) is 18.1. The van der Waals surface area contributed by atoms with E-state index in [9.17, 15) is 14.4 Å². The molecule has 1 aliphatic carbocycles. The van der Waals surface area contributed by atoms with Crippen molar-refractivity contribution in [3.05, 3.63) is 59.7 Å². The molecule has 10 rings (SSSR count). The fourth-order valence-corrected chi connectivity index (χ4v) is 9.85. The van der Waals surface area contributed by atoms with Crippen molar-refractivity contribution in [3.63, 3.8) is 0 Å².